The monoisotopic (exact) mass is 474 g/mol. The van der Waals surface area contributed by atoms with Gasteiger partial charge in [-0.15, -0.1) is 23.1 Å². The smallest absolute Gasteiger partial charge is 0.338 e. The van der Waals surface area contributed by atoms with E-state index in [0.717, 1.165) is 22.9 Å². The third kappa shape index (κ3) is 6.23. The quantitative estimate of drug-likeness (QED) is 0.369. The van der Waals surface area contributed by atoms with Gasteiger partial charge in [-0.1, -0.05) is 11.8 Å². The highest BCUT2D eigenvalue weighted by atomic mass is 32.2. The Morgan fingerprint density at radius 3 is 2.74 bits per heavy atom. The molecule has 1 aliphatic rings. The summed E-state index contributed by atoms with van der Waals surface area (Å²) in [4.78, 5) is 16.2. The minimum atomic E-state index is -0.410. The molecule has 2 N–H and O–H groups in total. The average molecular weight is 475 g/mol. The number of nitrogens with zero attached hydrogens (tertiary/aromatic N) is 1. The molecule has 2 aromatic rings. The van der Waals surface area contributed by atoms with Crippen molar-refractivity contribution in [1.82, 2.24) is 4.90 Å². The highest BCUT2D eigenvalue weighted by Crippen LogP contribution is 2.41. The second-order valence-corrected chi connectivity index (χ2v) is 10.3. The number of rotatable bonds is 5. The highest BCUT2D eigenvalue weighted by molar-refractivity contribution is 7.99. The molecule has 164 valence electrons. The average Bonchev–Trinajstić information content (AvgIpc) is 3.42. The molecule has 1 aliphatic heterocycles. The molecule has 1 atom stereocenters. The van der Waals surface area contributed by atoms with E-state index in [1.165, 1.54) is 4.88 Å². The van der Waals surface area contributed by atoms with Crippen molar-refractivity contribution in [1.29, 1.82) is 0 Å². The molecule has 0 unspecified atom stereocenters. The van der Waals surface area contributed by atoms with Crippen LogP contribution in [0.4, 0.5) is 5.69 Å². The molecule has 0 saturated carbocycles. The van der Waals surface area contributed by atoms with Crippen LogP contribution in [0.25, 0.3) is 0 Å². The van der Waals surface area contributed by atoms with Crippen molar-refractivity contribution in [3.05, 3.63) is 51.7 Å². The molecule has 0 bridgehead atoms. The summed E-state index contributed by atoms with van der Waals surface area (Å²) in [7, 11) is 0. The number of ether oxygens (including phenoxy) is 1. The Morgan fingerprint density at radius 2 is 2.06 bits per heavy atom. The van der Waals surface area contributed by atoms with Gasteiger partial charge in [-0.25, -0.2) is 4.79 Å². The Bertz CT molecular complexity index is 989. The maximum Gasteiger partial charge on any atom is 0.338 e. The fourth-order valence-electron chi connectivity index (χ4n) is 2.84. The van der Waals surface area contributed by atoms with Gasteiger partial charge in [0.15, 0.2) is 5.11 Å². The minimum absolute atomic E-state index is 0.0329. The zero-order chi connectivity index (χ0) is 22.4. The standard InChI is InChI=1S/C23H26N2O3S3/c1-4-28-21(27)16-5-7-17(8-6-16)24-22(29)25-13-14-30-20(25)19-10-9-18(31-19)11-12-23(2,3)15-26/h5-10,20,26H,4,13-15H2,1-3H3,(H,24,29)/t20-/m1/s1. The van der Waals surface area contributed by atoms with Gasteiger partial charge in [0, 0.05) is 28.3 Å². The van der Waals surface area contributed by atoms with Gasteiger partial charge in [0.25, 0.3) is 0 Å². The number of thiophene rings is 1. The molecular weight excluding hydrogens is 448 g/mol. The van der Waals surface area contributed by atoms with Crippen LogP contribution >= 0.6 is 35.3 Å². The van der Waals surface area contributed by atoms with E-state index in [9.17, 15) is 9.90 Å². The summed E-state index contributed by atoms with van der Waals surface area (Å²) in [5.41, 5.74) is 0.939. The lowest BCUT2D eigenvalue weighted by Crippen LogP contribution is -2.33. The summed E-state index contributed by atoms with van der Waals surface area (Å²) in [6, 6.07) is 11.3. The summed E-state index contributed by atoms with van der Waals surface area (Å²) < 4.78 is 5.02. The van der Waals surface area contributed by atoms with Gasteiger partial charge in [0.2, 0.25) is 0 Å². The first-order valence-electron chi connectivity index (χ1n) is 10.0. The zero-order valence-corrected chi connectivity index (χ0v) is 20.3. The number of thioether (sulfide) groups is 1. The van der Waals surface area contributed by atoms with Crippen LogP contribution < -0.4 is 5.32 Å². The van der Waals surface area contributed by atoms with E-state index in [0.29, 0.717) is 17.3 Å². The van der Waals surface area contributed by atoms with Crippen LogP contribution in [-0.4, -0.2) is 46.6 Å². The van der Waals surface area contributed by atoms with Gasteiger partial charge in [0.05, 0.1) is 23.7 Å². The van der Waals surface area contributed by atoms with Crippen LogP contribution in [0.1, 0.15) is 46.3 Å². The first kappa shape index (κ1) is 23.6. The number of thiocarbonyl (C=S) groups is 1. The number of aliphatic hydroxyl groups is 1. The van der Waals surface area contributed by atoms with E-state index in [-0.39, 0.29) is 18.0 Å². The fourth-order valence-corrected chi connectivity index (χ4v) is 5.58. The molecule has 1 fully saturated rings. The van der Waals surface area contributed by atoms with E-state index in [4.69, 9.17) is 17.0 Å². The number of benzene rings is 1. The molecule has 3 rings (SSSR count). The number of carbonyl (C=O) groups excluding carboxylic acids is 1. The number of hydrogen-bond acceptors (Lipinski definition) is 6. The van der Waals surface area contributed by atoms with Crippen LogP contribution in [0.3, 0.4) is 0 Å². The molecule has 0 radical (unpaired) electrons. The van der Waals surface area contributed by atoms with Crippen molar-refractivity contribution < 1.29 is 14.6 Å². The fraction of sp³-hybridized carbons (Fsp3) is 0.391. The SMILES string of the molecule is CCOC(=O)c1ccc(NC(=S)N2CCS[C@@H]2c2ccc(C#CC(C)(C)CO)s2)cc1. The lowest BCUT2D eigenvalue weighted by molar-refractivity contribution is 0.0526. The van der Waals surface area contributed by atoms with Crippen molar-refractivity contribution >= 4 is 52.1 Å². The van der Waals surface area contributed by atoms with Gasteiger partial charge in [-0.3, -0.25) is 0 Å². The Kier molecular flexibility index (Phi) is 8.00. The Morgan fingerprint density at radius 1 is 1.32 bits per heavy atom. The molecule has 2 heterocycles. The first-order chi connectivity index (χ1) is 14.8. The third-order valence-corrected chi connectivity index (χ3v) is 7.37. The third-order valence-electron chi connectivity index (χ3n) is 4.59. The van der Waals surface area contributed by atoms with Crippen LogP contribution in [0.5, 0.6) is 0 Å². The van der Waals surface area contributed by atoms with E-state index in [1.807, 2.05) is 43.8 Å². The normalized spacial score (nSPS) is 15.9. The van der Waals surface area contributed by atoms with Crippen LogP contribution in [-0.2, 0) is 4.74 Å². The summed E-state index contributed by atoms with van der Waals surface area (Å²) in [5.74, 6) is 6.98. The second-order valence-electron chi connectivity index (χ2n) is 7.64. The van der Waals surface area contributed by atoms with Crippen LogP contribution in [0.15, 0.2) is 36.4 Å². The predicted molar refractivity (Wildman–Crippen MR) is 133 cm³/mol. The lowest BCUT2D eigenvalue weighted by Gasteiger charge is -2.26. The van der Waals surface area contributed by atoms with Gasteiger partial charge in [0.1, 0.15) is 5.37 Å². The number of hydrogen-bond donors (Lipinski definition) is 2. The van der Waals surface area contributed by atoms with E-state index >= 15 is 0 Å². The summed E-state index contributed by atoms with van der Waals surface area (Å²) in [5, 5.41) is 13.5. The molecule has 31 heavy (non-hydrogen) atoms. The van der Waals surface area contributed by atoms with Crippen molar-refractivity contribution in [2.45, 2.75) is 26.1 Å². The van der Waals surface area contributed by atoms with Crippen molar-refractivity contribution in [2.75, 3.05) is 30.8 Å². The zero-order valence-electron chi connectivity index (χ0n) is 17.8. The molecule has 0 amide bonds. The molecule has 0 aliphatic carbocycles. The number of nitrogens with one attached hydrogen (secondary N) is 1. The van der Waals surface area contributed by atoms with Crippen molar-refractivity contribution in [3.63, 3.8) is 0 Å². The summed E-state index contributed by atoms with van der Waals surface area (Å²) >= 11 is 9.20. The molecule has 0 spiro atoms. The molecule has 1 aromatic carbocycles. The summed E-state index contributed by atoms with van der Waals surface area (Å²) in [6.45, 7) is 6.88. The number of aliphatic hydroxyl groups excluding tert-OH is 1. The molecule has 1 saturated heterocycles. The van der Waals surface area contributed by atoms with Gasteiger partial charge in [-0.05, 0) is 69.4 Å². The largest absolute Gasteiger partial charge is 0.462 e. The molecular formula is C23H26N2O3S3. The number of anilines is 1. The predicted octanol–water partition coefficient (Wildman–Crippen LogP) is 4.74. The lowest BCUT2D eigenvalue weighted by atomic mass is 9.96. The highest BCUT2D eigenvalue weighted by Gasteiger charge is 2.30. The molecule has 1 aromatic heterocycles. The first-order valence-corrected chi connectivity index (χ1v) is 12.3. The van der Waals surface area contributed by atoms with Crippen LogP contribution in [0, 0.1) is 17.3 Å². The maximum atomic E-state index is 11.8. The van der Waals surface area contributed by atoms with E-state index in [1.54, 1.807) is 30.4 Å². The number of carbonyl (C=O) groups is 1. The van der Waals surface area contributed by atoms with Crippen LogP contribution in [0.2, 0.25) is 0 Å². The van der Waals surface area contributed by atoms with Gasteiger partial charge in [-0.2, -0.15) is 0 Å². The Labute approximate surface area is 197 Å². The minimum Gasteiger partial charge on any atom is -0.462 e. The van der Waals surface area contributed by atoms with Gasteiger partial charge < -0.3 is 20.1 Å². The van der Waals surface area contributed by atoms with Gasteiger partial charge >= 0.3 is 5.97 Å². The van der Waals surface area contributed by atoms with Crippen molar-refractivity contribution in [3.8, 4) is 11.8 Å². The molecule has 8 heteroatoms. The van der Waals surface area contributed by atoms with E-state index < -0.39 is 5.41 Å². The van der Waals surface area contributed by atoms with E-state index in [2.05, 4.69) is 28.1 Å². The maximum absolute atomic E-state index is 11.8. The topological polar surface area (TPSA) is 61.8 Å². The van der Waals surface area contributed by atoms with Crippen molar-refractivity contribution in [2.24, 2.45) is 5.41 Å². The number of esters is 1. The summed E-state index contributed by atoms with van der Waals surface area (Å²) in [6.07, 6.45) is 0. The second kappa shape index (κ2) is 10.5. The Hall–Kier alpha value is -2.05. The Balaban J connectivity index is 1.66. The molecule has 5 nitrogen and oxygen atoms in total.